The lowest BCUT2D eigenvalue weighted by Crippen LogP contribution is -2.08. The molecule has 0 aliphatic rings. The van der Waals surface area contributed by atoms with E-state index >= 15 is 0 Å². The van der Waals surface area contributed by atoms with Crippen molar-refractivity contribution in [1.29, 1.82) is 0 Å². The monoisotopic (exact) mass is 463 g/mol. The van der Waals surface area contributed by atoms with E-state index in [-0.39, 0.29) is 11.6 Å². The van der Waals surface area contributed by atoms with Gasteiger partial charge in [-0.25, -0.2) is 14.8 Å². The highest BCUT2D eigenvalue weighted by atomic mass is 16.4. The van der Waals surface area contributed by atoms with Gasteiger partial charge in [0.25, 0.3) is 0 Å². The van der Waals surface area contributed by atoms with Crippen LogP contribution < -0.4 is 10.6 Å². The highest BCUT2D eigenvalue weighted by Crippen LogP contribution is 2.29. The topological polar surface area (TPSA) is 103 Å². The molecule has 0 saturated heterocycles. The van der Waals surface area contributed by atoms with Crippen molar-refractivity contribution in [2.24, 2.45) is 0 Å². The van der Waals surface area contributed by atoms with Crippen LogP contribution in [0.5, 0.6) is 0 Å². The van der Waals surface area contributed by atoms with Gasteiger partial charge in [0.2, 0.25) is 0 Å². The summed E-state index contributed by atoms with van der Waals surface area (Å²) >= 11 is 0. The molecule has 4 N–H and O–H groups in total. The van der Waals surface area contributed by atoms with Gasteiger partial charge in [-0.05, 0) is 53.9 Å². The molecule has 0 bridgehead atoms. The molecule has 2 heterocycles. The third-order valence-corrected chi connectivity index (χ3v) is 5.97. The van der Waals surface area contributed by atoms with Gasteiger partial charge < -0.3 is 20.7 Å². The van der Waals surface area contributed by atoms with E-state index in [9.17, 15) is 4.79 Å². The van der Waals surface area contributed by atoms with E-state index < -0.39 is 5.97 Å². The highest BCUT2D eigenvalue weighted by Gasteiger charge is 2.12. The van der Waals surface area contributed by atoms with Gasteiger partial charge in [0.1, 0.15) is 17.8 Å². The van der Waals surface area contributed by atoms with Crippen molar-refractivity contribution in [2.45, 2.75) is 19.5 Å². The molecule has 0 aliphatic heterocycles. The molecular weight excluding hydrogens is 438 g/mol. The summed E-state index contributed by atoms with van der Waals surface area (Å²) in [5, 5.41) is 16.8. The van der Waals surface area contributed by atoms with Gasteiger partial charge in [-0.3, -0.25) is 0 Å². The number of H-pyrrole nitrogens is 1. The largest absolute Gasteiger partial charge is 0.478 e. The number of aromatic nitrogens is 3. The first-order valence-electron chi connectivity index (χ1n) is 11.4. The molecule has 174 valence electrons. The first kappa shape index (κ1) is 22.2. The SMILES string of the molecule is CC(Nc1ncnc2[nH]c(-c3ccc(NCc4ccc(C(=O)O)cc4)cc3)cc12)c1ccccc1. The average Bonchev–Trinajstić information content (AvgIpc) is 3.34. The Morgan fingerprint density at radius 2 is 1.71 bits per heavy atom. The minimum atomic E-state index is -0.920. The summed E-state index contributed by atoms with van der Waals surface area (Å²) in [6.45, 7) is 2.72. The lowest BCUT2D eigenvalue weighted by atomic mass is 10.1. The average molecular weight is 464 g/mol. The number of rotatable bonds is 8. The molecule has 1 unspecified atom stereocenters. The lowest BCUT2D eigenvalue weighted by Gasteiger charge is -2.15. The number of fused-ring (bicyclic) bond motifs is 1. The lowest BCUT2D eigenvalue weighted by molar-refractivity contribution is 0.0697. The molecule has 3 aromatic carbocycles. The zero-order valence-electron chi connectivity index (χ0n) is 19.2. The quantitative estimate of drug-likeness (QED) is 0.221. The number of carboxylic acids is 1. The molecule has 7 heteroatoms. The Kier molecular flexibility index (Phi) is 6.13. The van der Waals surface area contributed by atoms with E-state index in [1.165, 1.54) is 5.56 Å². The predicted octanol–water partition coefficient (Wildman–Crippen LogP) is 6.11. The number of aromatic carboxylic acids is 1. The zero-order chi connectivity index (χ0) is 24.2. The molecule has 5 rings (SSSR count). The van der Waals surface area contributed by atoms with E-state index in [1.807, 2.05) is 54.6 Å². The van der Waals surface area contributed by atoms with Crippen molar-refractivity contribution in [2.75, 3.05) is 10.6 Å². The highest BCUT2D eigenvalue weighted by molar-refractivity contribution is 5.91. The Balaban J connectivity index is 1.29. The fraction of sp³-hybridized carbons (Fsp3) is 0.107. The minimum absolute atomic E-state index is 0.110. The maximum Gasteiger partial charge on any atom is 0.335 e. The number of nitrogens with one attached hydrogen (secondary N) is 3. The number of hydrogen-bond donors (Lipinski definition) is 4. The maximum absolute atomic E-state index is 11.0. The number of aromatic amines is 1. The molecule has 0 fully saturated rings. The first-order valence-corrected chi connectivity index (χ1v) is 11.4. The van der Waals surface area contributed by atoms with Gasteiger partial charge in [0, 0.05) is 24.0 Å². The summed E-state index contributed by atoms with van der Waals surface area (Å²) < 4.78 is 0. The van der Waals surface area contributed by atoms with Crippen molar-refractivity contribution < 1.29 is 9.90 Å². The van der Waals surface area contributed by atoms with Gasteiger partial charge in [-0.2, -0.15) is 0 Å². The van der Waals surface area contributed by atoms with Crippen molar-refractivity contribution in [3.63, 3.8) is 0 Å². The molecule has 0 amide bonds. The van der Waals surface area contributed by atoms with E-state index in [0.717, 1.165) is 39.4 Å². The number of carboxylic acid groups (broad SMARTS) is 1. The Bertz CT molecular complexity index is 1450. The standard InChI is InChI=1S/C28H25N5O2/c1-18(20-5-3-2-4-6-20)32-26-24-15-25(33-27(24)31-17-30-26)21-11-13-23(14-12-21)29-16-19-7-9-22(10-8-19)28(34)35/h2-15,17-18,29H,16H2,1H3,(H,34,35)(H2,30,31,32,33). The summed E-state index contributed by atoms with van der Waals surface area (Å²) in [4.78, 5) is 23.3. The van der Waals surface area contributed by atoms with Gasteiger partial charge in [0.05, 0.1) is 10.9 Å². The Labute approximate surface area is 202 Å². The predicted molar refractivity (Wildman–Crippen MR) is 139 cm³/mol. The molecule has 0 radical (unpaired) electrons. The second kappa shape index (κ2) is 9.69. The van der Waals surface area contributed by atoms with Crippen LogP contribution in [0.1, 0.15) is 34.5 Å². The van der Waals surface area contributed by atoms with E-state index in [0.29, 0.717) is 6.54 Å². The van der Waals surface area contributed by atoms with Crippen LogP contribution in [0.25, 0.3) is 22.3 Å². The number of carbonyl (C=O) groups is 1. The Morgan fingerprint density at radius 1 is 0.971 bits per heavy atom. The second-order valence-corrected chi connectivity index (χ2v) is 8.38. The van der Waals surface area contributed by atoms with Crippen LogP contribution >= 0.6 is 0 Å². The third kappa shape index (κ3) is 4.99. The van der Waals surface area contributed by atoms with Gasteiger partial charge in [-0.1, -0.05) is 54.6 Å². The number of nitrogens with zero attached hydrogens (tertiary/aromatic N) is 2. The number of anilines is 2. The first-order chi connectivity index (χ1) is 17.1. The number of benzene rings is 3. The molecule has 2 aromatic heterocycles. The fourth-order valence-corrected chi connectivity index (χ4v) is 3.98. The molecule has 5 aromatic rings. The van der Waals surface area contributed by atoms with Crippen LogP contribution in [0.15, 0.2) is 91.3 Å². The Morgan fingerprint density at radius 3 is 2.43 bits per heavy atom. The van der Waals surface area contributed by atoms with Crippen LogP contribution in [0.3, 0.4) is 0 Å². The second-order valence-electron chi connectivity index (χ2n) is 8.38. The van der Waals surface area contributed by atoms with Crippen LogP contribution in [0.2, 0.25) is 0 Å². The maximum atomic E-state index is 11.0. The third-order valence-electron chi connectivity index (χ3n) is 5.97. The van der Waals surface area contributed by atoms with Crippen molar-refractivity contribution in [3.8, 4) is 11.3 Å². The molecule has 0 spiro atoms. The van der Waals surface area contributed by atoms with E-state index in [1.54, 1.807) is 18.5 Å². The summed E-state index contributed by atoms with van der Waals surface area (Å²) in [7, 11) is 0. The zero-order valence-corrected chi connectivity index (χ0v) is 19.2. The Hall–Kier alpha value is -4.65. The van der Waals surface area contributed by atoms with E-state index in [4.69, 9.17) is 5.11 Å². The number of hydrogen-bond acceptors (Lipinski definition) is 5. The molecule has 1 atom stereocenters. The summed E-state index contributed by atoms with van der Waals surface area (Å²) in [5.74, 6) is -0.127. The fourth-order valence-electron chi connectivity index (χ4n) is 3.98. The van der Waals surface area contributed by atoms with Gasteiger partial charge in [0.15, 0.2) is 0 Å². The summed E-state index contributed by atoms with van der Waals surface area (Å²) in [6, 6.07) is 27.5. The van der Waals surface area contributed by atoms with Crippen LogP contribution in [0.4, 0.5) is 11.5 Å². The molecular formula is C28H25N5O2. The van der Waals surface area contributed by atoms with Gasteiger partial charge >= 0.3 is 5.97 Å². The molecule has 7 nitrogen and oxygen atoms in total. The summed E-state index contributed by atoms with van der Waals surface area (Å²) in [6.07, 6.45) is 1.57. The normalized spacial score (nSPS) is 11.8. The van der Waals surface area contributed by atoms with Gasteiger partial charge in [-0.15, -0.1) is 0 Å². The smallest absolute Gasteiger partial charge is 0.335 e. The molecule has 35 heavy (non-hydrogen) atoms. The molecule has 0 saturated carbocycles. The van der Waals surface area contributed by atoms with Crippen LogP contribution in [-0.2, 0) is 6.54 Å². The minimum Gasteiger partial charge on any atom is -0.478 e. The van der Waals surface area contributed by atoms with Crippen molar-refractivity contribution >= 4 is 28.5 Å². The van der Waals surface area contributed by atoms with Crippen LogP contribution in [0, 0.1) is 0 Å². The summed E-state index contributed by atoms with van der Waals surface area (Å²) in [5.41, 5.74) is 6.26. The molecule has 0 aliphatic carbocycles. The van der Waals surface area contributed by atoms with Crippen molar-refractivity contribution in [1.82, 2.24) is 15.0 Å². The van der Waals surface area contributed by atoms with Crippen molar-refractivity contribution in [3.05, 3.63) is 108 Å². The van der Waals surface area contributed by atoms with Crippen LogP contribution in [-0.4, -0.2) is 26.0 Å². The van der Waals surface area contributed by atoms with E-state index in [2.05, 4.69) is 50.7 Å².